The number of aromatic nitrogens is 3. The molecule has 30 heavy (non-hydrogen) atoms. The lowest BCUT2D eigenvalue weighted by Crippen LogP contribution is -2.42. The van der Waals surface area contributed by atoms with Gasteiger partial charge in [-0.3, -0.25) is 4.68 Å². The van der Waals surface area contributed by atoms with Crippen LogP contribution in [0.3, 0.4) is 0 Å². The van der Waals surface area contributed by atoms with Gasteiger partial charge >= 0.3 is 0 Å². The number of ether oxygens (including phenoxy) is 1. The Bertz CT molecular complexity index is 1080. The summed E-state index contributed by atoms with van der Waals surface area (Å²) in [5.74, 6) is 0.424. The van der Waals surface area contributed by atoms with Gasteiger partial charge in [0.1, 0.15) is 5.69 Å². The van der Waals surface area contributed by atoms with Crippen LogP contribution in [0, 0.1) is 6.92 Å². The summed E-state index contributed by atoms with van der Waals surface area (Å²) < 4.78 is 13.4. The Hall–Kier alpha value is -2.19. The highest BCUT2D eigenvalue weighted by Gasteiger charge is 2.41. The van der Waals surface area contributed by atoms with Gasteiger partial charge in [0.25, 0.3) is 0 Å². The first-order chi connectivity index (χ1) is 14.3. The standard InChI is InChI=1S/C22H24ClN3O4/c1-12-16(11-24-26(12)13-9-22(2,28)10-13)20-18(21(27)29-14-7-8-14)19(25-30-20)15-5-3-4-6-17(15)23/h3-6,11,13-14,21,27-28H,7-10H2,1-2H3/t13-,21?,22+. The number of hydrogen-bond donors (Lipinski definition) is 2. The third kappa shape index (κ3) is 3.46. The molecule has 7 nitrogen and oxygen atoms in total. The van der Waals surface area contributed by atoms with Gasteiger partial charge in [-0.25, -0.2) is 0 Å². The zero-order valence-electron chi connectivity index (χ0n) is 16.9. The summed E-state index contributed by atoms with van der Waals surface area (Å²) in [6.07, 6.45) is 3.73. The lowest BCUT2D eigenvalue weighted by Gasteiger charge is -2.41. The van der Waals surface area contributed by atoms with E-state index >= 15 is 0 Å². The first kappa shape index (κ1) is 19.8. The van der Waals surface area contributed by atoms with E-state index in [1.165, 1.54) is 0 Å². The summed E-state index contributed by atoms with van der Waals surface area (Å²) >= 11 is 6.39. The van der Waals surface area contributed by atoms with Gasteiger partial charge in [-0.2, -0.15) is 5.10 Å². The van der Waals surface area contributed by atoms with Gasteiger partial charge in [-0.05, 0) is 45.6 Å². The predicted molar refractivity (Wildman–Crippen MR) is 111 cm³/mol. The van der Waals surface area contributed by atoms with E-state index in [-0.39, 0.29) is 12.1 Å². The van der Waals surface area contributed by atoms with Crippen LogP contribution in [0.1, 0.15) is 56.2 Å². The lowest BCUT2D eigenvalue weighted by atomic mass is 9.77. The van der Waals surface area contributed by atoms with Crippen molar-refractivity contribution >= 4 is 11.6 Å². The molecule has 2 aliphatic rings. The fourth-order valence-corrected chi connectivity index (χ4v) is 4.39. The van der Waals surface area contributed by atoms with Crippen LogP contribution in [-0.2, 0) is 4.74 Å². The zero-order chi connectivity index (χ0) is 21.0. The molecule has 8 heteroatoms. The van der Waals surface area contributed by atoms with E-state index < -0.39 is 11.9 Å². The number of nitrogens with zero attached hydrogens (tertiary/aromatic N) is 3. The predicted octanol–water partition coefficient (Wildman–Crippen LogP) is 4.42. The molecule has 2 N–H and O–H groups in total. The molecule has 0 saturated heterocycles. The van der Waals surface area contributed by atoms with Crippen molar-refractivity contribution in [3.05, 3.63) is 46.7 Å². The zero-order valence-corrected chi connectivity index (χ0v) is 17.6. The molecule has 2 heterocycles. The summed E-state index contributed by atoms with van der Waals surface area (Å²) in [5.41, 5.74) is 2.56. The first-order valence-corrected chi connectivity index (χ1v) is 10.6. The van der Waals surface area contributed by atoms with E-state index in [4.69, 9.17) is 20.9 Å². The van der Waals surface area contributed by atoms with E-state index in [0.29, 0.717) is 40.4 Å². The van der Waals surface area contributed by atoms with Gasteiger partial charge in [0.15, 0.2) is 12.1 Å². The van der Waals surface area contributed by atoms with Crippen molar-refractivity contribution in [2.45, 2.75) is 63.6 Å². The van der Waals surface area contributed by atoms with Gasteiger partial charge in [0.05, 0.1) is 40.1 Å². The highest BCUT2D eigenvalue weighted by atomic mass is 35.5. The topological polar surface area (TPSA) is 93.5 Å². The highest BCUT2D eigenvalue weighted by Crippen LogP contribution is 2.45. The minimum atomic E-state index is -1.18. The molecule has 0 aliphatic heterocycles. The van der Waals surface area contributed by atoms with Crippen molar-refractivity contribution in [2.24, 2.45) is 0 Å². The highest BCUT2D eigenvalue weighted by molar-refractivity contribution is 6.33. The van der Waals surface area contributed by atoms with Crippen LogP contribution in [0.4, 0.5) is 0 Å². The number of halogens is 1. The second kappa shape index (κ2) is 7.20. The lowest BCUT2D eigenvalue weighted by molar-refractivity contribution is -0.111. The van der Waals surface area contributed by atoms with Crippen LogP contribution >= 0.6 is 11.6 Å². The summed E-state index contributed by atoms with van der Waals surface area (Å²) in [6, 6.07) is 7.44. The number of benzene rings is 1. The smallest absolute Gasteiger partial charge is 0.187 e. The average Bonchev–Trinajstić information content (AvgIpc) is 3.25. The van der Waals surface area contributed by atoms with Crippen molar-refractivity contribution in [1.82, 2.24) is 14.9 Å². The molecule has 1 aromatic carbocycles. The minimum Gasteiger partial charge on any atom is -0.390 e. The van der Waals surface area contributed by atoms with E-state index in [1.807, 2.05) is 36.7 Å². The van der Waals surface area contributed by atoms with Gasteiger partial charge in [0, 0.05) is 11.3 Å². The van der Waals surface area contributed by atoms with E-state index in [0.717, 1.165) is 24.1 Å². The fourth-order valence-electron chi connectivity index (χ4n) is 4.17. The maximum Gasteiger partial charge on any atom is 0.187 e. The molecule has 0 bridgehead atoms. The molecule has 2 aromatic heterocycles. The van der Waals surface area contributed by atoms with Crippen molar-refractivity contribution < 1.29 is 19.5 Å². The second-order valence-electron chi connectivity index (χ2n) is 8.59. The Labute approximate surface area is 179 Å². The molecule has 0 spiro atoms. The Balaban J connectivity index is 1.57. The molecule has 158 valence electrons. The second-order valence-corrected chi connectivity index (χ2v) is 9.00. The molecule has 1 atom stereocenters. The summed E-state index contributed by atoms with van der Waals surface area (Å²) in [6.45, 7) is 3.78. The molecular formula is C22H24ClN3O4. The van der Waals surface area contributed by atoms with E-state index in [2.05, 4.69) is 10.3 Å². The van der Waals surface area contributed by atoms with Crippen molar-refractivity contribution in [1.29, 1.82) is 0 Å². The average molecular weight is 430 g/mol. The maximum absolute atomic E-state index is 10.9. The van der Waals surface area contributed by atoms with Gasteiger partial charge < -0.3 is 19.5 Å². The van der Waals surface area contributed by atoms with E-state index in [1.54, 1.807) is 12.3 Å². The summed E-state index contributed by atoms with van der Waals surface area (Å²) in [5, 5.41) is 30.3. The number of aliphatic hydroxyl groups is 2. The summed E-state index contributed by atoms with van der Waals surface area (Å²) in [4.78, 5) is 0. The van der Waals surface area contributed by atoms with E-state index in [9.17, 15) is 10.2 Å². The molecular weight excluding hydrogens is 406 g/mol. The third-order valence-corrected chi connectivity index (χ3v) is 6.27. The van der Waals surface area contributed by atoms with Gasteiger partial charge in [0.2, 0.25) is 0 Å². The van der Waals surface area contributed by atoms with Crippen LogP contribution < -0.4 is 0 Å². The first-order valence-electron chi connectivity index (χ1n) is 10.2. The monoisotopic (exact) mass is 429 g/mol. The van der Waals surface area contributed by atoms with Crippen molar-refractivity contribution in [3.63, 3.8) is 0 Å². The third-order valence-electron chi connectivity index (χ3n) is 5.94. The largest absolute Gasteiger partial charge is 0.390 e. The molecule has 3 aromatic rings. The Morgan fingerprint density at radius 1 is 1.27 bits per heavy atom. The number of rotatable bonds is 6. The number of hydrogen-bond acceptors (Lipinski definition) is 6. The molecule has 0 radical (unpaired) electrons. The number of aliphatic hydroxyl groups excluding tert-OH is 1. The minimum absolute atomic E-state index is 0.0443. The van der Waals surface area contributed by atoms with Crippen LogP contribution in [-0.4, -0.2) is 36.9 Å². The molecule has 2 saturated carbocycles. The normalized spacial score (nSPS) is 24.6. The summed E-state index contributed by atoms with van der Waals surface area (Å²) in [7, 11) is 0. The SMILES string of the molecule is Cc1c(-c2onc(-c3ccccc3Cl)c2C(O)OC2CC2)cnn1[C@H]1C[C@@](C)(O)C1. The molecule has 2 aliphatic carbocycles. The molecule has 0 amide bonds. The molecule has 1 unspecified atom stereocenters. The van der Waals surface area contributed by atoms with Gasteiger partial charge in [-0.1, -0.05) is 35.0 Å². The molecule has 2 fully saturated rings. The molecule has 5 rings (SSSR count). The Morgan fingerprint density at radius 2 is 2.00 bits per heavy atom. The van der Waals surface area contributed by atoms with Crippen molar-refractivity contribution in [2.75, 3.05) is 0 Å². The van der Waals surface area contributed by atoms with Crippen molar-refractivity contribution in [3.8, 4) is 22.6 Å². The Morgan fingerprint density at radius 3 is 2.67 bits per heavy atom. The van der Waals surface area contributed by atoms with Gasteiger partial charge in [-0.15, -0.1) is 0 Å². The maximum atomic E-state index is 10.9. The quantitative estimate of drug-likeness (QED) is 0.563. The van der Waals surface area contributed by atoms with Crippen LogP contribution in [0.15, 0.2) is 35.0 Å². The van der Waals surface area contributed by atoms with Crippen LogP contribution in [0.5, 0.6) is 0 Å². The Kier molecular flexibility index (Phi) is 4.74. The van der Waals surface area contributed by atoms with Crippen LogP contribution in [0.2, 0.25) is 5.02 Å². The van der Waals surface area contributed by atoms with Crippen LogP contribution in [0.25, 0.3) is 22.6 Å². The fraction of sp³-hybridized carbons (Fsp3) is 0.455.